The minimum atomic E-state index is -0.267. The van der Waals surface area contributed by atoms with Gasteiger partial charge in [-0.15, -0.1) is 0 Å². The average molecular weight is 586 g/mol. The summed E-state index contributed by atoms with van der Waals surface area (Å²) in [6.07, 6.45) is 5.21. The largest absolute Gasteiger partial charge is 0.331 e. The van der Waals surface area contributed by atoms with Crippen LogP contribution in [0.15, 0.2) is 30.6 Å². The number of rotatable bonds is 6. The van der Waals surface area contributed by atoms with Gasteiger partial charge in [0.25, 0.3) is 5.91 Å². The minimum Gasteiger partial charge on any atom is -0.321 e. The molecule has 2 amide bonds. The second-order valence-electron chi connectivity index (χ2n) is 11.9. The first kappa shape index (κ1) is 29.0. The molecule has 43 heavy (non-hydrogen) atoms. The predicted octanol–water partition coefficient (Wildman–Crippen LogP) is 1.75. The fraction of sp³-hybridized carbons (Fsp3) is 0.533. The van der Waals surface area contributed by atoms with Gasteiger partial charge in [-0.25, -0.2) is 14.3 Å². The van der Waals surface area contributed by atoms with Gasteiger partial charge < -0.3 is 14.7 Å². The maximum atomic E-state index is 13.6. The molecule has 3 fully saturated rings. The number of piperazine rings is 2. The first-order chi connectivity index (χ1) is 20.9. The van der Waals surface area contributed by atoms with Crippen molar-refractivity contribution in [2.24, 2.45) is 0 Å². The zero-order valence-electron chi connectivity index (χ0n) is 24.9. The summed E-state index contributed by atoms with van der Waals surface area (Å²) in [6.45, 7) is 7.78. The topological polar surface area (TPSA) is 130 Å². The van der Waals surface area contributed by atoms with Gasteiger partial charge in [0, 0.05) is 64.5 Å². The molecule has 2 aliphatic heterocycles. The molecule has 6 rings (SSSR count). The molecule has 13 nitrogen and oxygen atoms in total. The van der Waals surface area contributed by atoms with Crippen molar-refractivity contribution in [2.75, 3.05) is 71.5 Å². The van der Waals surface area contributed by atoms with E-state index in [2.05, 4.69) is 42.1 Å². The van der Waals surface area contributed by atoms with E-state index in [0.29, 0.717) is 30.0 Å². The predicted molar refractivity (Wildman–Crippen MR) is 161 cm³/mol. The number of carbonyl (C=O) groups is 2. The number of anilines is 1. The average Bonchev–Trinajstić information content (AvgIpc) is 3.72. The van der Waals surface area contributed by atoms with Crippen LogP contribution in [0.3, 0.4) is 0 Å². The number of likely N-dealkylation sites (N-methyl/N-ethyl adjacent to an activating group) is 2. The Morgan fingerprint density at radius 3 is 2.26 bits per heavy atom. The highest BCUT2D eigenvalue weighted by Gasteiger charge is 2.31. The van der Waals surface area contributed by atoms with E-state index in [1.165, 1.54) is 16.5 Å². The monoisotopic (exact) mass is 585 g/mol. The number of nitrogens with zero attached hydrogens (tertiary/aromatic N) is 10. The van der Waals surface area contributed by atoms with Crippen molar-refractivity contribution in [1.82, 2.24) is 44.5 Å². The molecule has 4 heterocycles. The van der Waals surface area contributed by atoms with Crippen LogP contribution in [0.5, 0.6) is 0 Å². The Bertz CT molecular complexity index is 1490. The molecule has 1 aliphatic carbocycles. The highest BCUT2D eigenvalue weighted by molar-refractivity contribution is 5.97. The van der Waals surface area contributed by atoms with E-state index in [4.69, 9.17) is 0 Å². The quantitative estimate of drug-likeness (QED) is 0.427. The molecule has 1 N–H and O–H groups in total. The molecule has 2 saturated heterocycles. The van der Waals surface area contributed by atoms with Crippen molar-refractivity contribution in [3.8, 4) is 6.07 Å². The van der Waals surface area contributed by atoms with Crippen molar-refractivity contribution in [3.05, 3.63) is 47.5 Å². The Kier molecular flexibility index (Phi) is 8.51. The van der Waals surface area contributed by atoms with E-state index in [1.807, 2.05) is 37.4 Å². The van der Waals surface area contributed by atoms with Gasteiger partial charge >= 0.3 is 6.03 Å². The lowest BCUT2D eigenvalue weighted by atomic mass is 10.1. The third-order valence-electron chi connectivity index (χ3n) is 8.82. The molecule has 13 heteroatoms. The van der Waals surface area contributed by atoms with E-state index in [1.54, 1.807) is 9.91 Å². The van der Waals surface area contributed by atoms with E-state index in [0.717, 1.165) is 71.5 Å². The van der Waals surface area contributed by atoms with Crippen LogP contribution in [0.25, 0.3) is 11.2 Å². The number of imidazole rings is 1. The Labute approximate surface area is 251 Å². The van der Waals surface area contributed by atoms with Crippen LogP contribution in [0.1, 0.15) is 47.4 Å². The van der Waals surface area contributed by atoms with Crippen LogP contribution < -0.4 is 10.4 Å². The maximum Gasteiger partial charge on any atom is 0.331 e. The van der Waals surface area contributed by atoms with E-state index < -0.39 is 0 Å². The van der Waals surface area contributed by atoms with E-state index >= 15 is 0 Å². The molecule has 1 saturated carbocycles. The second kappa shape index (κ2) is 12.6. The van der Waals surface area contributed by atoms with Crippen molar-refractivity contribution >= 4 is 28.9 Å². The highest BCUT2D eigenvalue weighted by Crippen LogP contribution is 2.30. The van der Waals surface area contributed by atoms with Gasteiger partial charge in [-0.3, -0.25) is 20.1 Å². The van der Waals surface area contributed by atoms with Crippen molar-refractivity contribution < 1.29 is 9.59 Å². The summed E-state index contributed by atoms with van der Waals surface area (Å²) >= 11 is 0. The van der Waals surface area contributed by atoms with Crippen LogP contribution in [0, 0.1) is 11.3 Å². The SMILES string of the molecule is CN1CCN(Cc2ccc(C(=O)NN(c3nc(C#N)nc4c3ncn4C(=O)N3CCN(C)CC3)C3CCCC3)cc2)CC1. The van der Waals surface area contributed by atoms with Gasteiger partial charge in [0.2, 0.25) is 5.82 Å². The van der Waals surface area contributed by atoms with Crippen molar-refractivity contribution in [1.29, 1.82) is 5.26 Å². The zero-order chi connectivity index (χ0) is 29.9. The molecule has 0 bridgehead atoms. The summed E-state index contributed by atoms with van der Waals surface area (Å²) < 4.78 is 1.39. The number of benzene rings is 1. The summed E-state index contributed by atoms with van der Waals surface area (Å²) in [6, 6.07) is 9.50. The summed E-state index contributed by atoms with van der Waals surface area (Å²) in [7, 11) is 4.18. The smallest absolute Gasteiger partial charge is 0.321 e. The van der Waals surface area contributed by atoms with Gasteiger partial charge in [0.1, 0.15) is 12.4 Å². The van der Waals surface area contributed by atoms with Gasteiger partial charge in [-0.05, 0) is 44.6 Å². The number of carbonyl (C=O) groups excluding carboxylic acids is 2. The summed E-state index contributed by atoms with van der Waals surface area (Å²) in [4.78, 5) is 49.2. The normalized spacial score (nSPS) is 19.0. The number of hydrogen-bond donors (Lipinski definition) is 1. The number of nitrogens with one attached hydrogen (secondary N) is 1. The first-order valence-corrected chi connectivity index (χ1v) is 15.1. The maximum absolute atomic E-state index is 13.6. The molecule has 0 spiro atoms. The van der Waals surface area contributed by atoms with Crippen LogP contribution in [-0.2, 0) is 6.54 Å². The lowest BCUT2D eigenvalue weighted by Crippen LogP contribution is -2.49. The van der Waals surface area contributed by atoms with Crippen LogP contribution >= 0.6 is 0 Å². The Hall–Kier alpha value is -4.12. The van der Waals surface area contributed by atoms with Gasteiger partial charge in [0.15, 0.2) is 17.0 Å². The second-order valence-corrected chi connectivity index (χ2v) is 11.9. The van der Waals surface area contributed by atoms with E-state index in [-0.39, 0.29) is 29.5 Å². The fourth-order valence-electron chi connectivity index (χ4n) is 6.07. The van der Waals surface area contributed by atoms with Crippen molar-refractivity contribution in [2.45, 2.75) is 38.3 Å². The Morgan fingerprint density at radius 1 is 0.953 bits per heavy atom. The molecule has 0 atom stereocenters. The van der Waals surface area contributed by atoms with Crippen LogP contribution in [0.4, 0.5) is 10.6 Å². The zero-order valence-corrected chi connectivity index (χ0v) is 24.9. The standard InChI is InChI=1S/C30H39N11O2/c1-36-11-15-38(16-12-36)20-22-7-9-23(10-8-22)29(42)35-41(24-5-3-4-6-24)28-26-27(33-25(19-31)34-28)40(21-32-26)30(43)39-17-13-37(2)14-18-39/h7-10,21,24H,3-6,11-18,20H2,1-2H3,(H,35,42). The number of amides is 2. The Balaban J connectivity index is 1.26. The number of hydrazine groups is 1. The highest BCUT2D eigenvalue weighted by atomic mass is 16.2. The number of nitriles is 1. The van der Waals surface area contributed by atoms with Crippen LogP contribution in [-0.4, -0.2) is 124 Å². The van der Waals surface area contributed by atoms with Gasteiger partial charge in [-0.2, -0.15) is 15.2 Å². The fourth-order valence-corrected chi connectivity index (χ4v) is 6.07. The Morgan fingerprint density at radius 2 is 1.60 bits per heavy atom. The van der Waals surface area contributed by atoms with Crippen LogP contribution in [0.2, 0.25) is 0 Å². The number of aromatic nitrogens is 4. The minimum absolute atomic E-state index is 0.0245. The summed E-state index contributed by atoms with van der Waals surface area (Å²) in [5.41, 5.74) is 5.41. The van der Waals surface area contributed by atoms with Crippen molar-refractivity contribution in [3.63, 3.8) is 0 Å². The van der Waals surface area contributed by atoms with Gasteiger partial charge in [0.05, 0.1) is 6.04 Å². The number of fused-ring (bicyclic) bond motifs is 1. The first-order valence-electron chi connectivity index (χ1n) is 15.1. The molecule has 0 radical (unpaired) electrons. The molecule has 3 aliphatic rings. The molecular weight excluding hydrogens is 546 g/mol. The molecule has 1 aromatic carbocycles. The lowest BCUT2D eigenvalue weighted by molar-refractivity contribution is 0.0944. The molecule has 3 aromatic rings. The number of hydrogen-bond acceptors (Lipinski definition) is 10. The third kappa shape index (κ3) is 6.31. The molecule has 2 aromatic heterocycles. The molecular formula is C30H39N11O2. The van der Waals surface area contributed by atoms with E-state index in [9.17, 15) is 14.9 Å². The lowest BCUT2D eigenvalue weighted by Gasteiger charge is -2.32. The van der Waals surface area contributed by atoms with Gasteiger partial charge in [-0.1, -0.05) is 25.0 Å². The third-order valence-corrected chi connectivity index (χ3v) is 8.82. The summed E-state index contributed by atoms with van der Waals surface area (Å²) in [5.74, 6) is -0.0180. The molecule has 0 unspecified atom stereocenters. The molecule has 226 valence electrons. The summed E-state index contributed by atoms with van der Waals surface area (Å²) in [5, 5.41) is 11.6.